The number of carbonyl (C=O) groups is 2. The summed E-state index contributed by atoms with van der Waals surface area (Å²) in [5, 5.41) is 0. The Morgan fingerprint density at radius 3 is 1.97 bits per heavy atom. The number of carbonyl (C=O) groups excluding carboxylic acids is 2. The molecule has 2 aromatic rings. The van der Waals surface area contributed by atoms with Crippen molar-refractivity contribution >= 4 is 27.5 Å². The maximum atomic E-state index is 13.4. The third-order valence-electron chi connectivity index (χ3n) is 5.59. The van der Waals surface area contributed by atoms with Gasteiger partial charge in [-0.05, 0) is 61.4 Å². The lowest BCUT2D eigenvalue weighted by Crippen LogP contribution is -2.49. The van der Waals surface area contributed by atoms with Crippen molar-refractivity contribution in [3.63, 3.8) is 0 Å². The molecule has 2 aliphatic rings. The van der Waals surface area contributed by atoms with Crippen LogP contribution >= 0.6 is 0 Å². The zero-order valence-electron chi connectivity index (χ0n) is 16.0. The van der Waals surface area contributed by atoms with Crippen LogP contribution in [0.3, 0.4) is 0 Å². The first kappa shape index (κ1) is 20.6. The molecule has 0 aromatic heterocycles. The van der Waals surface area contributed by atoms with Crippen LogP contribution in [-0.2, 0) is 19.6 Å². The number of amides is 2. The molecule has 30 heavy (non-hydrogen) atoms. The lowest BCUT2D eigenvalue weighted by molar-refractivity contribution is -0.122. The summed E-state index contributed by atoms with van der Waals surface area (Å²) in [6.07, 6.45) is 2.49. The fraction of sp³-hybridized carbons (Fsp3) is 0.333. The fourth-order valence-corrected chi connectivity index (χ4v) is 6.01. The molecule has 158 valence electrons. The van der Waals surface area contributed by atoms with E-state index in [0.717, 1.165) is 58.4 Å². The van der Waals surface area contributed by atoms with Gasteiger partial charge in [-0.15, -0.1) is 0 Å². The van der Waals surface area contributed by atoms with Gasteiger partial charge in [0.15, 0.2) is 0 Å². The molecule has 1 atom stereocenters. The standard InChI is InChI=1S/C21H20F2N2O4S/c22-14-5-9-16(10-6-14)24-20(26)13-19(21(24)27)25(17-3-1-2-4-17)30(28,29)18-11-7-15(23)8-12-18/h5-12,17,19H,1-4,13H2. The second kappa shape index (κ2) is 7.88. The van der Waals surface area contributed by atoms with Crippen molar-refractivity contribution in [2.45, 2.75) is 49.1 Å². The van der Waals surface area contributed by atoms with Crippen LogP contribution in [0.15, 0.2) is 53.4 Å². The molecule has 6 nitrogen and oxygen atoms in total. The van der Waals surface area contributed by atoms with E-state index in [9.17, 15) is 26.8 Å². The molecule has 9 heteroatoms. The predicted octanol–water partition coefficient (Wildman–Crippen LogP) is 3.23. The molecule has 1 aliphatic carbocycles. The Morgan fingerprint density at radius 1 is 0.867 bits per heavy atom. The van der Waals surface area contributed by atoms with Crippen LogP contribution < -0.4 is 4.90 Å². The van der Waals surface area contributed by atoms with E-state index in [4.69, 9.17) is 0 Å². The Labute approximate surface area is 173 Å². The summed E-state index contributed by atoms with van der Waals surface area (Å²) in [4.78, 5) is 26.6. The number of anilines is 1. The average molecular weight is 434 g/mol. The Bertz CT molecular complexity index is 1070. The van der Waals surface area contributed by atoms with E-state index in [1.165, 1.54) is 12.1 Å². The van der Waals surface area contributed by atoms with Crippen LogP contribution in [0.4, 0.5) is 14.5 Å². The van der Waals surface area contributed by atoms with Crippen molar-refractivity contribution < 1.29 is 26.8 Å². The second-order valence-corrected chi connectivity index (χ2v) is 9.33. The molecule has 2 fully saturated rings. The Balaban J connectivity index is 1.73. The zero-order chi connectivity index (χ0) is 21.5. The molecule has 0 bridgehead atoms. The minimum Gasteiger partial charge on any atom is -0.274 e. The molecular weight excluding hydrogens is 414 g/mol. The molecule has 1 unspecified atom stereocenters. The third kappa shape index (κ3) is 3.63. The molecule has 1 heterocycles. The Hall–Kier alpha value is -2.65. The van der Waals surface area contributed by atoms with Gasteiger partial charge in [0.2, 0.25) is 15.9 Å². The topological polar surface area (TPSA) is 74.8 Å². The van der Waals surface area contributed by atoms with Gasteiger partial charge in [-0.1, -0.05) is 12.8 Å². The van der Waals surface area contributed by atoms with Crippen molar-refractivity contribution in [1.29, 1.82) is 0 Å². The highest BCUT2D eigenvalue weighted by Crippen LogP contribution is 2.35. The number of nitrogens with zero attached hydrogens (tertiary/aromatic N) is 2. The van der Waals surface area contributed by atoms with Gasteiger partial charge in [-0.25, -0.2) is 22.1 Å². The molecule has 0 radical (unpaired) electrons. The normalized spacial score (nSPS) is 20.5. The highest BCUT2D eigenvalue weighted by molar-refractivity contribution is 7.89. The van der Waals surface area contributed by atoms with Crippen molar-refractivity contribution in [2.24, 2.45) is 0 Å². The van der Waals surface area contributed by atoms with Gasteiger partial charge in [-0.3, -0.25) is 9.59 Å². The van der Waals surface area contributed by atoms with Crippen molar-refractivity contribution in [3.8, 4) is 0 Å². The molecule has 1 saturated heterocycles. The molecule has 0 spiro atoms. The fourth-order valence-electron chi connectivity index (χ4n) is 4.18. The van der Waals surface area contributed by atoms with E-state index < -0.39 is 45.6 Å². The average Bonchev–Trinajstić information content (AvgIpc) is 3.32. The molecule has 2 amide bonds. The zero-order valence-corrected chi connectivity index (χ0v) is 16.8. The number of hydrogen-bond acceptors (Lipinski definition) is 4. The first-order valence-corrected chi connectivity index (χ1v) is 11.1. The highest BCUT2D eigenvalue weighted by Gasteiger charge is 2.49. The van der Waals surface area contributed by atoms with Gasteiger partial charge in [0.25, 0.3) is 5.91 Å². The van der Waals surface area contributed by atoms with Crippen LogP contribution in [0.2, 0.25) is 0 Å². The molecular formula is C21H20F2N2O4S. The van der Waals surface area contributed by atoms with Gasteiger partial charge in [-0.2, -0.15) is 4.31 Å². The van der Waals surface area contributed by atoms with Crippen molar-refractivity contribution in [3.05, 3.63) is 60.2 Å². The second-order valence-electron chi connectivity index (χ2n) is 7.49. The van der Waals surface area contributed by atoms with Gasteiger partial charge < -0.3 is 0 Å². The van der Waals surface area contributed by atoms with Gasteiger partial charge in [0, 0.05) is 6.04 Å². The van der Waals surface area contributed by atoms with Gasteiger partial charge in [0.1, 0.15) is 17.7 Å². The molecule has 1 saturated carbocycles. The Morgan fingerprint density at radius 2 is 1.40 bits per heavy atom. The summed E-state index contributed by atoms with van der Waals surface area (Å²) in [7, 11) is -4.15. The third-order valence-corrected chi connectivity index (χ3v) is 7.56. The summed E-state index contributed by atoms with van der Waals surface area (Å²) >= 11 is 0. The maximum Gasteiger partial charge on any atom is 0.252 e. The summed E-state index contributed by atoms with van der Waals surface area (Å²) in [6, 6.07) is 7.68. The Kier molecular flexibility index (Phi) is 5.42. The molecule has 1 aliphatic heterocycles. The largest absolute Gasteiger partial charge is 0.274 e. The lowest BCUT2D eigenvalue weighted by Gasteiger charge is -2.32. The number of imide groups is 1. The van der Waals surface area contributed by atoms with Crippen molar-refractivity contribution in [2.75, 3.05) is 4.90 Å². The predicted molar refractivity (Wildman–Crippen MR) is 105 cm³/mol. The summed E-state index contributed by atoms with van der Waals surface area (Å²) < 4.78 is 54.6. The highest BCUT2D eigenvalue weighted by atomic mass is 32.2. The van der Waals surface area contributed by atoms with Crippen LogP contribution in [0.5, 0.6) is 0 Å². The SMILES string of the molecule is O=C1CC(N(C2CCCC2)S(=O)(=O)c2ccc(F)cc2)C(=O)N1c1ccc(F)cc1. The molecule has 0 N–H and O–H groups in total. The summed E-state index contributed by atoms with van der Waals surface area (Å²) in [5.41, 5.74) is 0.194. The minimum atomic E-state index is -4.15. The van der Waals surface area contributed by atoms with Gasteiger partial charge >= 0.3 is 0 Å². The van der Waals surface area contributed by atoms with Gasteiger partial charge in [0.05, 0.1) is 17.0 Å². The first-order valence-electron chi connectivity index (χ1n) is 9.70. The summed E-state index contributed by atoms with van der Waals surface area (Å²) in [5.74, 6) is -2.30. The van der Waals surface area contributed by atoms with E-state index in [0.29, 0.717) is 12.8 Å². The van der Waals surface area contributed by atoms with Crippen LogP contribution in [0.1, 0.15) is 32.1 Å². The number of rotatable bonds is 5. The van der Waals surface area contributed by atoms with E-state index >= 15 is 0 Å². The molecule has 4 rings (SSSR count). The van der Waals surface area contributed by atoms with Crippen LogP contribution in [-0.4, -0.2) is 36.6 Å². The molecule has 2 aromatic carbocycles. The van der Waals surface area contributed by atoms with Crippen molar-refractivity contribution in [1.82, 2.24) is 4.31 Å². The first-order chi connectivity index (χ1) is 14.3. The number of halogens is 2. The quantitative estimate of drug-likeness (QED) is 0.678. The number of benzene rings is 2. The number of sulfonamides is 1. The van der Waals surface area contributed by atoms with Crippen LogP contribution in [0.25, 0.3) is 0 Å². The maximum absolute atomic E-state index is 13.4. The van der Waals surface area contributed by atoms with E-state index in [2.05, 4.69) is 0 Å². The monoisotopic (exact) mass is 434 g/mol. The van der Waals surface area contributed by atoms with E-state index in [1.54, 1.807) is 0 Å². The number of hydrogen-bond donors (Lipinski definition) is 0. The van der Waals surface area contributed by atoms with Crippen LogP contribution in [0, 0.1) is 11.6 Å². The van der Waals surface area contributed by atoms with E-state index in [1.807, 2.05) is 0 Å². The minimum absolute atomic E-state index is 0.128. The van der Waals surface area contributed by atoms with E-state index in [-0.39, 0.29) is 17.0 Å². The summed E-state index contributed by atoms with van der Waals surface area (Å²) in [6.45, 7) is 0. The lowest BCUT2D eigenvalue weighted by atomic mass is 10.2. The smallest absolute Gasteiger partial charge is 0.252 e.